The maximum absolute atomic E-state index is 12.4. The molecule has 0 aromatic heterocycles. The molecular formula is C12H17F2NO2S. The van der Waals surface area contributed by atoms with Crippen LogP contribution in [-0.2, 0) is 6.42 Å². The molecule has 0 aliphatic heterocycles. The molecule has 1 rings (SSSR count). The molecule has 1 unspecified atom stereocenters. The zero-order chi connectivity index (χ0) is 13.7. The summed E-state index contributed by atoms with van der Waals surface area (Å²) in [5.41, 5.74) is 6.59. The molecule has 6 heteroatoms. The van der Waals surface area contributed by atoms with Crippen LogP contribution >= 0.6 is 11.8 Å². The summed E-state index contributed by atoms with van der Waals surface area (Å²) in [6.07, 6.45) is 0.596. The van der Waals surface area contributed by atoms with Crippen molar-refractivity contribution in [2.75, 3.05) is 14.2 Å². The molecule has 0 saturated carbocycles. The number of nitrogens with two attached hydrogens (primary N) is 1. The minimum absolute atomic E-state index is 0.0443. The van der Waals surface area contributed by atoms with E-state index in [0.717, 1.165) is 5.56 Å². The van der Waals surface area contributed by atoms with Gasteiger partial charge in [-0.2, -0.15) is 8.78 Å². The lowest BCUT2D eigenvalue weighted by Gasteiger charge is -2.15. The monoisotopic (exact) mass is 277 g/mol. The Labute approximate surface area is 110 Å². The lowest BCUT2D eigenvalue weighted by atomic mass is 10.1. The van der Waals surface area contributed by atoms with Crippen LogP contribution in [-0.4, -0.2) is 26.0 Å². The first-order valence-corrected chi connectivity index (χ1v) is 6.31. The number of alkyl halides is 2. The summed E-state index contributed by atoms with van der Waals surface area (Å²) in [5, 5.41) is 0. The van der Waals surface area contributed by atoms with Crippen molar-refractivity contribution >= 4 is 11.8 Å². The van der Waals surface area contributed by atoms with Gasteiger partial charge in [0.1, 0.15) is 11.5 Å². The van der Waals surface area contributed by atoms with Crippen molar-refractivity contribution in [3.63, 3.8) is 0 Å². The van der Waals surface area contributed by atoms with Crippen LogP contribution in [0.25, 0.3) is 0 Å². The number of benzene rings is 1. The van der Waals surface area contributed by atoms with Crippen LogP contribution in [0.3, 0.4) is 0 Å². The average molecular weight is 277 g/mol. The van der Waals surface area contributed by atoms with E-state index in [1.165, 1.54) is 14.2 Å². The molecule has 0 amide bonds. The molecule has 0 heterocycles. The van der Waals surface area contributed by atoms with Gasteiger partial charge in [0.25, 0.3) is 5.76 Å². The molecule has 0 aliphatic carbocycles. The Morgan fingerprint density at radius 2 is 1.83 bits per heavy atom. The Bertz CT molecular complexity index is 362. The van der Waals surface area contributed by atoms with E-state index in [4.69, 9.17) is 15.2 Å². The normalized spacial score (nSPS) is 12.6. The number of hydrogen-bond donors (Lipinski definition) is 1. The maximum Gasteiger partial charge on any atom is 0.289 e. The Hall–Kier alpha value is -1.01. The first-order chi connectivity index (χ1) is 8.47. The fourth-order valence-corrected chi connectivity index (χ4v) is 2.25. The van der Waals surface area contributed by atoms with Crippen LogP contribution in [0.15, 0.2) is 17.0 Å². The van der Waals surface area contributed by atoms with Gasteiger partial charge in [-0.25, -0.2) is 0 Å². The molecule has 0 spiro atoms. The molecule has 3 nitrogen and oxygen atoms in total. The molecule has 0 bridgehead atoms. The summed E-state index contributed by atoms with van der Waals surface area (Å²) in [6.45, 7) is 1.87. The molecule has 1 aromatic rings. The minimum Gasteiger partial charge on any atom is -0.496 e. The van der Waals surface area contributed by atoms with Gasteiger partial charge in [0, 0.05) is 6.04 Å². The number of ether oxygens (including phenoxy) is 2. The third kappa shape index (κ3) is 4.03. The summed E-state index contributed by atoms with van der Waals surface area (Å²) >= 11 is 0.437. The highest BCUT2D eigenvalue weighted by molar-refractivity contribution is 7.99. The summed E-state index contributed by atoms with van der Waals surface area (Å²) in [7, 11) is 2.95. The van der Waals surface area contributed by atoms with Gasteiger partial charge in [0.05, 0.1) is 19.1 Å². The van der Waals surface area contributed by atoms with Gasteiger partial charge in [-0.1, -0.05) is 11.8 Å². The Kier molecular flexibility index (Phi) is 5.68. The zero-order valence-electron chi connectivity index (χ0n) is 10.6. The van der Waals surface area contributed by atoms with E-state index in [1.807, 2.05) is 6.92 Å². The van der Waals surface area contributed by atoms with Gasteiger partial charge < -0.3 is 15.2 Å². The third-order valence-electron chi connectivity index (χ3n) is 2.32. The van der Waals surface area contributed by atoms with E-state index in [2.05, 4.69) is 0 Å². The molecule has 0 fully saturated rings. The highest BCUT2D eigenvalue weighted by atomic mass is 32.2. The SMILES string of the molecule is COc1cc(SC(F)F)c(OC)cc1CC(C)N. The number of hydrogen-bond acceptors (Lipinski definition) is 4. The molecular weight excluding hydrogens is 260 g/mol. The Balaban J connectivity index is 3.14. The average Bonchev–Trinajstić information content (AvgIpc) is 2.29. The number of methoxy groups -OCH3 is 2. The highest BCUT2D eigenvalue weighted by Crippen LogP contribution is 2.38. The second kappa shape index (κ2) is 6.80. The van der Waals surface area contributed by atoms with Crippen molar-refractivity contribution in [2.45, 2.75) is 30.0 Å². The van der Waals surface area contributed by atoms with Gasteiger partial charge in [0.15, 0.2) is 0 Å². The lowest BCUT2D eigenvalue weighted by Crippen LogP contribution is -2.18. The molecule has 102 valence electrons. The van der Waals surface area contributed by atoms with E-state index in [-0.39, 0.29) is 6.04 Å². The fourth-order valence-electron chi connectivity index (χ4n) is 1.63. The Morgan fingerprint density at radius 1 is 1.22 bits per heavy atom. The Morgan fingerprint density at radius 3 is 2.28 bits per heavy atom. The molecule has 1 atom stereocenters. The lowest BCUT2D eigenvalue weighted by molar-refractivity contribution is 0.251. The van der Waals surface area contributed by atoms with Gasteiger partial charge >= 0.3 is 0 Å². The molecule has 2 N–H and O–H groups in total. The topological polar surface area (TPSA) is 44.5 Å². The highest BCUT2D eigenvalue weighted by Gasteiger charge is 2.16. The summed E-state index contributed by atoms with van der Waals surface area (Å²) in [6, 6.07) is 3.22. The number of rotatable bonds is 6. The van der Waals surface area contributed by atoms with Gasteiger partial charge in [0.2, 0.25) is 0 Å². The van der Waals surface area contributed by atoms with Gasteiger partial charge in [-0.05, 0) is 31.0 Å². The molecule has 1 aromatic carbocycles. The van der Waals surface area contributed by atoms with Crippen LogP contribution in [0.1, 0.15) is 12.5 Å². The van der Waals surface area contributed by atoms with E-state index >= 15 is 0 Å². The van der Waals surface area contributed by atoms with Crippen molar-refractivity contribution in [1.29, 1.82) is 0 Å². The third-order valence-corrected chi connectivity index (χ3v) is 3.08. The predicted molar refractivity (Wildman–Crippen MR) is 68.8 cm³/mol. The molecule has 18 heavy (non-hydrogen) atoms. The van der Waals surface area contributed by atoms with Crippen LogP contribution in [0.2, 0.25) is 0 Å². The van der Waals surface area contributed by atoms with Crippen molar-refractivity contribution < 1.29 is 18.3 Å². The van der Waals surface area contributed by atoms with Crippen LogP contribution < -0.4 is 15.2 Å². The predicted octanol–water partition coefficient (Wildman–Crippen LogP) is 2.91. The van der Waals surface area contributed by atoms with E-state index < -0.39 is 5.76 Å². The molecule has 0 aliphatic rings. The quantitative estimate of drug-likeness (QED) is 0.812. The van der Waals surface area contributed by atoms with Gasteiger partial charge in [-0.3, -0.25) is 0 Å². The summed E-state index contributed by atoms with van der Waals surface area (Å²) in [4.78, 5) is 0.359. The van der Waals surface area contributed by atoms with E-state index in [0.29, 0.717) is 34.6 Å². The number of halogens is 2. The first kappa shape index (κ1) is 15.0. The smallest absolute Gasteiger partial charge is 0.289 e. The maximum atomic E-state index is 12.4. The second-order valence-corrected chi connectivity index (χ2v) is 4.91. The number of thioether (sulfide) groups is 1. The van der Waals surface area contributed by atoms with Crippen molar-refractivity contribution in [1.82, 2.24) is 0 Å². The van der Waals surface area contributed by atoms with Crippen molar-refractivity contribution in [3.8, 4) is 11.5 Å². The van der Waals surface area contributed by atoms with Crippen molar-refractivity contribution in [3.05, 3.63) is 17.7 Å². The largest absolute Gasteiger partial charge is 0.496 e. The van der Waals surface area contributed by atoms with Crippen LogP contribution in [0, 0.1) is 0 Å². The summed E-state index contributed by atoms with van der Waals surface area (Å²) in [5.74, 6) is -1.53. The minimum atomic E-state index is -2.50. The zero-order valence-corrected chi connectivity index (χ0v) is 11.4. The van der Waals surface area contributed by atoms with Crippen LogP contribution in [0.4, 0.5) is 8.78 Å². The van der Waals surface area contributed by atoms with Crippen molar-refractivity contribution in [2.24, 2.45) is 5.73 Å². The standard InChI is InChI=1S/C12H17F2NO2S/c1-7(15)4-8-5-10(17-3)11(18-12(13)14)6-9(8)16-2/h5-7,12H,4,15H2,1-3H3. The molecule has 0 saturated heterocycles. The van der Waals surface area contributed by atoms with Crippen LogP contribution in [0.5, 0.6) is 11.5 Å². The van der Waals surface area contributed by atoms with E-state index in [9.17, 15) is 8.78 Å². The fraction of sp³-hybridized carbons (Fsp3) is 0.500. The second-order valence-electron chi connectivity index (χ2n) is 3.87. The summed E-state index contributed by atoms with van der Waals surface area (Å²) < 4.78 is 35.2. The first-order valence-electron chi connectivity index (χ1n) is 5.43. The van der Waals surface area contributed by atoms with Gasteiger partial charge in [-0.15, -0.1) is 0 Å². The van der Waals surface area contributed by atoms with E-state index in [1.54, 1.807) is 12.1 Å². The molecule has 0 radical (unpaired) electrons.